The Kier molecular flexibility index (Phi) is 8.39. The highest BCUT2D eigenvalue weighted by atomic mass is 16.3. The summed E-state index contributed by atoms with van der Waals surface area (Å²) in [5.74, 6) is 0.443. The number of hydrogen-bond donors (Lipinski definition) is 2. The lowest BCUT2D eigenvalue weighted by Gasteiger charge is -2.10. The van der Waals surface area contributed by atoms with Gasteiger partial charge in [-0.25, -0.2) is 0 Å². The molecule has 24 heavy (non-hydrogen) atoms. The molecule has 0 amide bonds. The molecule has 0 aliphatic heterocycles. The van der Waals surface area contributed by atoms with Crippen molar-refractivity contribution in [1.82, 2.24) is 0 Å². The lowest BCUT2D eigenvalue weighted by molar-refractivity contribution is 0.455. The zero-order chi connectivity index (χ0) is 18.1. The van der Waals surface area contributed by atoms with E-state index in [1.807, 2.05) is 0 Å². The van der Waals surface area contributed by atoms with E-state index < -0.39 is 0 Å². The second-order valence-corrected chi connectivity index (χ2v) is 6.96. The molecule has 0 saturated carbocycles. The van der Waals surface area contributed by atoms with E-state index in [0.29, 0.717) is 6.42 Å². The Morgan fingerprint density at radius 2 is 1.54 bits per heavy atom. The van der Waals surface area contributed by atoms with Gasteiger partial charge < -0.3 is 10.2 Å². The summed E-state index contributed by atoms with van der Waals surface area (Å²) in [5.41, 5.74) is 6.22. The molecule has 2 heteroatoms. The van der Waals surface area contributed by atoms with E-state index >= 15 is 0 Å². The molecule has 0 unspecified atom stereocenters. The maximum Gasteiger partial charge on any atom is 0.119 e. The molecule has 0 fully saturated rings. The highest BCUT2D eigenvalue weighted by Crippen LogP contribution is 2.26. The molecular formula is C22H32O2. The van der Waals surface area contributed by atoms with Crippen molar-refractivity contribution in [2.75, 3.05) is 0 Å². The van der Waals surface area contributed by atoms with Crippen LogP contribution < -0.4 is 0 Å². The van der Waals surface area contributed by atoms with Gasteiger partial charge in [0.2, 0.25) is 0 Å². The van der Waals surface area contributed by atoms with Crippen LogP contribution >= 0.6 is 0 Å². The highest BCUT2D eigenvalue weighted by Gasteiger charge is 2.05. The van der Waals surface area contributed by atoms with Crippen molar-refractivity contribution in [3.8, 4) is 11.5 Å². The molecule has 0 bridgehead atoms. The molecule has 0 aliphatic rings. The average molecular weight is 328 g/mol. The van der Waals surface area contributed by atoms with Crippen molar-refractivity contribution in [3.63, 3.8) is 0 Å². The largest absolute Gasteiger partial charge is 0.508 e. The number of benzene rings is 1. The first-order valence-electron chi connectivity index (χ1n) is 8.74. The normalized spacial score (nSPS) is 12.8. The van der Waals surface area contributed by atoms with Gasteiger partial charge in [0.05, 0.1) is 0 Å². The van der Waals surface area contributed by atoms with E-state index in [2.05, 4.69) is 46.8 Å². The second kappa shape index (κ2) is 10.0. The van der Waals surface area contributed by atoms with Crippen LogP contribution in [-0.4, -0.2) is 10.2 Å². The van der Waals surface area contributed by atoms with Crippen molar-refractivity contribution in [3.05, 3.63) is 58.2 Å². The summed E-state index contributed by atoms with van der Waals surface area (Å²) in [7, 11) is 0. The zero-order valence-corrected chi connectivity index (χ0v) is 15.8. The fraction of sp³-hybridized carbons (Fsp3) is 0.455. The molecule has 0 aromatic heterocycles. The second-order valence-electron chi connectivity index (χ2n) is 6.96. The number of hydrogen-bond acceptors (Lipinski definition) is 2. The zero-order valence-electron chi connectivity index (χ0n) is 15.8. The Bertz CT molecular complexity index is 629. The van der Waals surface area contributed by atoms with Crippen LogP contribution in [0.5, 0.6) is 11.5 Å². The van der Waals surface area contributed by atoms with Gasteiger partial charge in [0.1, 0.15) is 11.5 Å². The minimum atomic E-state index is 0.197. The first-order chi connectivity index (χ1) is 11.3. The lowest BCUT2D eigenvalue weighted by atomic mass is 9.98. The molecule has 0 atom stereocenters. The number of aromatic hydroxyl groups is 2. The van der Waals surface area contributed by atoms with E-state index in [4.69, 9.17) is 0 Å². The number of phenolic OH excluding ortho intramolecular Hbond substituents is 2. The molecule has 2 nitrogen and oxygen atoms in total. The van der Waals surface area contributed by atoms with Crippen molar-refractivity contribution in [1.29, 1.82) is 0 Å². The first kappa shape index (κ1) is 20.1. The van der Waals surface area contributed by atoms with Gasteiger partial charge in [0.25, 0.3) is 0 Å². The summed E-state index contributed by atoms with van der Waals surface area (Å²) in [5, 5.41) is 19.4. The van der Waals surface area contributed by atoms with Gasteiger partial charge in [-0.2, -0.15) is 0 Å². The van der Waals surface area contributed by atoms with Gasteiger partial charge in [-0.3, -0.25) is 0 Å². The summed E-state index contributed by atoms with van der Waals surface area (Å²) in [4.78, 5) is 0. The molecule has 132 valence electrons. The molecule has 1 rings (SSSR count). The molecular weight excluding hydrogens is 296 g/mol. The smallest absolute Gasteiger partial charge is 0.119 e. The topological polar surface area (TPSA) is 40.5 Å². The number of rotatable bonds is 8. The standard InChI is InChI=1S/C22H32O2/c1-16(2)8-6-9-17(3)10-7-11-18(4)19(5)14-20-15-21(23)12-13-22(20)24/h8,10,12-13,15,23-24H,6-7,9,11,14H2,1-5H3. The van der Waals surface area contributed by atoms with Gasteiger partial charge in [-0.05, 0) is 84.9 Å². The monoisotopic (exact) mass is 328 g/mol. The van der Waals surface area contributed by atoms with Crippen LogP contribution in [0.1, 0.15) is 65.9 Å². The average Bonchev–Trinajstić information content (AvgIpc) is 2.50. The van der Waals surface area contributed by atoms with Crippen LogP contribution in [0.2, 0.25) is 0 Å². The van der Waals surface area contributed by atoms with Crippen LogP contribution in [0.3, 0.4) is 0 Å². The first-order valence-corrected chi connectivity index (χ1v) is 8.74. The van der Waals surface area contributed by atoms with Crippen molar-refractivity contribution in [2.45, 2.75) is 66.7 Å². The molecule has 1 aromatic rings. The molecule has 0 radical (unpaired) electrons. The third-order valence-electron chi connectivity index (χ3n) is 4.35. The molecule has 0 spiro atoms. The van der Waals surface area contributed by atoms with Gasteiger partial charge in [-0.15, -0.1) is 0 Å². The maximum atomic E-state index is 9.89. The molecule has 1 aromatic carbocycles. The van der Waals surface area contributed by atoms with Crippen molar-refractivity contribution >= 4 is 0 Å². The Labute approximate surface area is 147 Å². The van der Waals surface area contributed by atoms with E-state index in [-0.39, 0.29) is 11.5 Å². The molecule has 0 heterocycles. The Hall–Kier alpha value is -1.96. The van der Waals surface area contributed by atoms with Gasteiger partial charge in [-0.1, -0.05) is 34.4 Å². The van der Waals surface area contributed by atoms with Gasteiger partial charge >= 0.3 is 0 Å². The predicted molar refractivity (Wildman–Crippen MR) is 104 cm³/mol. The molecule has 0 aliphatic carbocycles. The van der Waals surface area contributed by atoms with Crippen molar-refractivity contribution < 1.29 is 10.2 Å². The summed E-state index contributed by atoms with van der Waals surface area (Å²) < 4.78 is 0. The quantitative estimate of drug-likeness (QED) is 0.425. The summed E-state index contributed by atoms with van der Waals surface area (Å²) in [6, 6.07) is 4.69. The van der Waals surface area contributed by atoms with Crippen LogP contribution in [0, 0.1) is 0 Å². The molecule has 2 N–H and O–H groups in total. The maximum absolute atomic E-state index is 9.89. The number of phenols is 2. The van der Waals surface area contributed by atoms with E-state index in [0.717, 1.165) is 31.2 Å². The summed E-state index contributed by atoms with van der Waals surface area (Å²) in [6.07, 6.45) is 9.63. The Balaban J connectivity index is 2.55. The minimum absolute atomic E-state index is 0.197. The predicted octanol–water partition coefficient (Wildman–Crippen LogP) is 6.45. The summed E-state index contributed by atoms with van der Waals surface area (Å²) in [6.45, 7) is 10.7. The third kappa shape index (κ3) is 7.54. The third-order valence-corrected chi connectivity index (χ3v) is 4.35. The van der Waals surface area contributed by atoms with Crippen LogP contribution in [0.4, 0.5) is 0 Å². The SMILES string of the molecule is CC(C)=CCCC(C)=CCCC(C)=C(C)Cc1cc(O)ccc1O. The summed E-state index contributed by atoms with van der Waals surface area (Å²) >= 11 is 0. The fourth-order valence-electron chi connectivity index (χ4n) is 2.59. The van der Waals surface area contributed by atoms with E-state index in [1.165, 1.54) is 28.4 Å². The Morgan fingerprint density at radius 3 is 2.21 bits per heavy atom. The van der Waals surface area contributed by atoms with Crippen LogP contribution in [0.15, 0.2) is 52.6 Å². The van der Waals surface area contributed by atoms with Crippen LogP contribution in [-0.2, 0) is 6.42 Å². The minimum Gasteiger partial charge on any atom is -0.508 e. The van der Waals surface area contributed by atoms with Gasteiger partial charge in [0, 0.05) is 5.56 Å². The lowest BCUT2D eigenvalue weighted by Crippen LogP contribution is -1.92. The van der Waals surface area contributed by atoms with E-state index in [1.54, 1.807) is 12.1 Å². The van der Waals surface area contributed by atoms with Crippen molar-refractivity contribution in [2.24, 2.45) is 0 Å². The Morgan fingerprint density at radius 1 is 0.875 bits per heavy atom. The van der Waals surface area contributed by atoms with E-state index in [9.17, 15) is 10.2 Å². The molecule has 0 saturated heterocycles. The van der Waals surface area contributed by atoms with Crippen LogP contribution in [0.25, 0.3) is 0 Å². The fourth-order valence-corrected chi connectivity index (χ4v) is 2.59. The highest BCUT2D eigenvalue weighted by molar-refractivity contribution is 5.41. The van der Waals surface area contributed by atoms with Gasteiger partial charge in [0.15, 0.2) is 0 Å². The number of allylic oxidation sites excluding steroid dienone is 6.